The second-order valence-electron chi connectivity index (χ2n) is 4.94. The summed E-state index contributed by atoms with van der Waals surface area (Å²) >= 11 is 5.97. The molecule has 0 aliphatic heterocycles. The standard InChI is InChI=1S/C14H19ClN2O3/c1-8(2)9(3)16-14(20)17-12(13(18)19)10-6-4-5-7-11(10)15/h4-9,12H,1-3H3,(H,18,19)(H2,16,17,20)/t9?,12-/m1/s1. The lowest BCUT2D eigenvalue weighted by molar-refractivity contribution is -0.139. The number of rotatable bonds is 5. The Balaban J connectivity index is 2.82. The van der Waals surface area contributed by atoms with Gasteiger partial charge >= 0.3 is 12.0 Å². The van der Waals surface area contributed by atoms with Crippen molar-refractivity contribution in [2.45, 2.75) is 32.9 Å². The number of hydrogen-bond acceptors (Lipinski definition) is 2. The number of amides is 2. The van der Waals surface area contributed by atoms with E-state index in [2.05, 4.69) is 10.6 Å². The Kier molecular flexibility index (Phi) is 5.82. The summed E-state index contributed by atoms with van der Waals surface area (Å²) < 4.78 is 0. The molecule has 0 radical (unpaired) electrons. The van der Waals surface area contributed by atoms with E-state index < -0.39 is 18.0 Å². The highest BCUT2D eigenvalue weighted by Crippen LogP contribution is 2.22. The molecule has 0 aliphatic carbocycles. The van der Waals surface area contributed by atoms with Gasteiger partial charge in [-0.05, 0) is 18.9 Å². The van der Waals surface area contributed by atoms with Crippen LogP contribution in [0, 0.1) is 5.92 Å². The Morgan fingerprint density at radius 2 is 1.75 bits per heavy atom. The zero-order valence-electron chi connectivity index (χ0n) is 11.7. The Hall–Kier alpha value is -1.75. The average molecular weight is 299 g/mol. The molecule has 1 aromatic rings. The van der Waals surface area contributed by atoms with Gasteiger partial charge in [-0.2, -0.15) is 0 Å². The lowest BCUT2D eigenvalue weighted by Gasteiger charge is -2.21. The van der Waals surface area contributed by atoms with Crippen LogP contribution in [0.15, 0.2) is 24.3 Å². The minimum absolute atomic E-state index is 0.0595. The van der Waals surface area contributed by atoms with Gasteiger partial charge in [0.25, 0.3) is 0 Å². The molecule has 0 aromatic heterocycles. The Bertz CT molecular complexity index is 491. The van der Waals surface area contributed by atoms with Gasteiger partial charge in [0, 0.05) is 16.6 Å². The van der Waals surface area contributed by atoms with E-state index in [1.807, 2.05) is 20.8 Å². The lowest BCUT2D eigenvalue weighted by atomic mass is 10.1. The van der Waals surface area contributed by atoms with Crippen LogP contribution in [-0.4, -0.2) is 23.1 Å². The SMILES string of the molecule is CC(C)C(C)NC(=O)N[C@@H](C(=O)O)c1ccccc1Cl. The molecule has 0 saturated heterocycles. The number of aliphatic carboxylic acids is 1. The smallest absolute Gasteiger partial charge is 0.331 e. The molecular formula is C14H19ClN2O3. The normalized spacial score (nSPS) is 13.7. The molecule has 0 heterocycles. The Labute approximate surface area is 123 Å². The van der Waals surface area contributed by atoms with Crippen molar-refractivity contribution < 1.29 is 14.7 Å². The molecule has 2 amide bonds. The van der Waals surface area contributed by atoms with E-state index in [4.69, 9.17) is 11.6 Å². The zero-order chi connectivity index (χ0) is 15.3. The van der Waals surface area contributed by atoms with Crippen LogP contribution < -0.4 is 10.6 Å². The topological polar surface area (TPSA) is 78.4 Å². The number of carboxylic acid groups (broad SMARTS) is 1. The first-order valence-electron chi connectivity index (χ1n) is 6.37. The van der Waals surface area contributed by atoms with Gasteiger partial charge in [0.2, 0.25) is 0 Å². The van der Waals surface area contributed by atoms with Gasteiger partial charge in [-0.1, -0.05) is 43.6 Å². The summed E-state index contributed by atoms with van der Waals surface area (Å²) in [7, 11) is 0. The van der Waals surface area contributed by atoms with Crippen LogP contribution in [0.2, 0.25) is 5.02 Å². The van der Waals surface area contributed by atoms with E-state index in [1.165, 1.54) is 0 Å². The first-order valence-corrected chi connectivity index (χ1v) is 6.75. The number of carbonyl (C=O) groups is 2. The van der Waals surface area contributed by atoms with Crippen molar-refractivity contribution in [3.63, 3.8) is 0 Å². The number of hydrogen-bond donors (Lipinski definition) is 3. The molecule has 110 valence electrons. The molecule has 1 unspecified atom stereocenters. The van der Waals surface area contributed by atoms with Crippen molar-refractivity contribution in [3.05, 3.63) is 34.9 Å². The molecule has 0 fully saturated rings. The van der Waals surface area contributed by atoms with Crippen molar-refractivity contribution >= 4 is 23.6 Å². The highest BCUT2D eigenvalue weighted by Gasteiger charge is 2.24. The van der Waals surface area contributed by atoms with Gasteiger partial charge in [0.1, 0.15) is 0 Å². The van der Waals surface area contributed by atoms with Crippen molar-refractivity contribution in [1.82, 2.24) is 10.6 Å². The van der Waals surface area contributed by atoms with Crippen LogP contribution in [0.3, 0.4) is 0 Å². The number of halogens is 1. The Morgan fingerprint density at radius 3 is 2.25 bits per heavy atom. The summed E-state index contributed by atoms with van der Waals surface area (Å²) in [5.41, 5.74) is 0.356. The predicted molar refractivity (Wildman–Crippen MR) is 77.8 cm³/mol. The molecule has 0 bridgehead atoms. The highest BCUT2D eigenvalue weighted by molar-refractivity contribution is 6.31. The van der Waals surface area contributed by atoms with Crippen LogP contribution in [0.4, 0.5) is 4.79 Å². The van der Waals surface area contributed by atoms with E-state index >= 15 is 0 Å². The average Bonchev–Trinajstić information content (AvgIpc) is 2.36. The van der Waals surface area contributed by atoms with E-state index in [0.717, 1.165) is 0 Å². The zero-order valence-corrected chi connectivity index (χ0v) is 12.4. The van der Waals surface area contributed by atoms with Gasteiger partial charge in [-0.3, -0.25) is 0 Å². The molecule has 3 N–H and O–H groups in total. The Morgan fingerprint density at radius 1 is 1.15 bits per heavy atom. The van der Waals surface area contributed by atoms with Crippen LogP contribution >= 0.6 is 11.6 Å². The van der Waals surface area contributed by atoms with E-state index in [0.29, 0.717) is 10.6 Å². The third-order valence-electron chi connectivity index (χ3n) is 3.10. The number of nitrogens with one attached hydrogen (secondary N) is 2. The molecule has 20 heavy (non-hydrogen) atoms. The summed E-state index contributed by atoms with van der Waals surface area (Å²) in [6.45, 7) is 5.79. The van der Waals surface area contributed by atoms with Gasteiger partial charge in [0.15, 0.2) is 6.04 Å². The monoisotopic (exact) mass is 298 g/mol. The summed E-state index contributed by atoms with van der Waals surface area (Å²) in [6.07, 6.45) is 0. The molecule has 0 spiro atoms. The third-order valence-corrected chi connectivity index (χ3v) is 3.44. The van der Waals surface area contributed by atoms with Crippen molar-refractivity contribution in [2.75, 3.05) is 0 Å². The fourth-order valence-corrected chi connectivity index (χ4v) is 1.77. The summed E-state index contributed by atoms with van der Waals surface area (Å²) in [6, 6.07) is 4.77. The largest absolute Gasteiger partial charge is 0.479 e. The van der Waals surface area contributed by atoms with Gasteiger partial charge in [-0.15, -0.1) is 0 Å². The van der Waals surface area contributed by atoms with Gasteiger partial charge in [0.05, 0.1) is 0 Å². The second-order valence-corrected chi connectivity index (χ2v) is 5.35. The van der Waals surface area contributed by atoms with E-state index in [1.54, 1.807) is 24.3 Å². The van der Waals surface area contributed by atoms with Crippen molar-refractivity contribution in [1.29, 1.82) is 0 Å². The quantitative estimate of drug-likeness (QED) is 0.782. The first-order chi connectivity index (χ1) is 9.32. The van der Waals surface area contributed by atoms with Gasteiger partial charge < -0.3 is 15.7 Å². The minimum Gasteiger partial charge on any atom is -0.479 e. The maximum Gasteiger partial charge on any atom is 0.331 e. The highest BCUT2D eigenvalue weighted by atomic mass is 35.5. The second kappa shape index (κ2) is 7.14. The van der Waals surface area contributed by atoms with Crippen molar-refractivity contribution in [2.24, 2.45) is 5.92 Å². The minimum atomic E-state index is -1.18. The summed E-state index contributed by atoms with van der Waals surface area (Å²) in [4.78, 5) is 23.1. The van der Waals surface area contributed by atoms with Crippen molar-refractivity contribution in [3.8, 4) is 0 Å². The predicted octanol–water partition coefficient (Wildman–Crippen LogP) is 2.81. The van der Waals surface area contributed by atoms with Crippen LogP contribution in [0.1, 0.15) is 32.4 Å². The molecule has 0 aliphatic rings. The number of carbonyl (C=O) groups excluding carboxylic acids is 1. The summed E-state index contributed by atoms with van der Waals surface area (Å²) in [5.74, 6) is -0.908. The van der Waals surface area contributed by atoms with E-state index in [9.17, 15) is 14.7 Å². The molecule has 5 nitrogen and oxygen atoms in total. The fourth-order valence-electron chi connectivity index (χ4n) is 1.53. The number of urea groups is 1. The molecule has 1 aromatic carbocycles. The molecule has 0 saturated carbocycles. The lowest BCUT2D eigenvalue weighted by Crippen LogP contribution is -2.45. The van der Waals surface area contributed by atoms with Gasteiger partial charge in [-0.25, -0.2) is 9.59 Å². The first kappa shape index (κ1) is 16.3. The van der Waals surface area contributed by atoms with Crippen LogP contribution in [-0.2, 0) is 4.79 Å². The molecule has 6 heteroatoms. The molecular weight excluding hydrogens is 280 g/mol. The maximum absolute atomic E-state index is 11.8. The third kappa shape index (κ3) is 4.42. The fraction of sp³-hybridized carbons (Fsp3) is 0.429. The van der Waals surface area contributed by atoms with Crippen LogP contribution in [0.5, 0.6) is 0 Å². The number of carboxylic acids is 1. The van der Waals surface area contributed by atoms with Crippen LogP contribution in [0.25, 0.3) is 0 Å². The summed E-state index contributed by atoms with van der Waals surface area (Å²) in [5, 5.41) is 14.7. The molecule has 2 atom stereocenters. The maximum atomic E-state index is 11.8. The van der Waals surface area contributed by atoms with E-state index in [-0.39, 0.29) is 12.0 Å². The number of benzene rings is 1. The molecule has 1 rings (SSSR count).